The molecule has 1 amide bonds. The lowest BCUT2D eigenvalue weighted by Gasteiger charge is -2.21. The Balaban J connectivity index is 1.65. The third-order valence-corrected chi connectivity index (χ3v) is 5.51. The first-order chi connectivity index (χ1) is 12.0. The minimum Gasteiger partial charge on any atom is -0.359 e. The van der Waals surface area contributed by atoms with Gasteiger partial charge in [0.2, 0.25) is 0 Å². The number of rotatable bonds is 3. The molecule has 1 aromatic carbocycles. The van der Waals surface area contributed by atoms with Crippen molar-refractivity contribution in [3.8, 4) is 0 Å². The summed E-state index contributed by atoms with van der Waals surface area (Å²) in [6.07, 6.45) is 1.75. The highest BCUT2D eigenvalue weighted by molar-refractivity contribution is 7.20. The van der Waals surface area contributed by atoms with E-state index in [9.17, 15) is 14.9 Å². The zero-order valence-electron chi connectivity index (χ0n) is 13.5. The molecule has 1 atom stereocenters. The van der Waals surface area contributed by atoms with Gasteiger partial charge in [-0.2, -0.15) is 0 Å². The molecule has 1 aliphatic rings. The van der Waals surface area contributed by atoms with E-state index in [1.807, 2.05) is 13.0 Å². The fourth-order valence-corrected chi connectivity index (χ4v) is 4.24. The van der Waals surface area contributed by atoms with Crippen LogP contribution >= 0.6 is 11.3 Å². The van der Waals surface area contributed by atoms with Gasteiger partial charge in [-0.3, -0.25) is 14.9 Å². The number of likely N-dealkylation sites (tertiary alicyclic amines) is 1. The number of fused-ring (bicyclic) bond motifs is 1. The number of benzene rings is 1. The molecule has 7 nitrogen and oxygen atoms in total. The molecule has 1 saturated heterocycles. The second kappa shape index (κ2) is 5.96. The molecule has 0 radical (unpaired) electrons. The van der Waals surface area contributed by atoms with Gasteiger partial charge < -0.3 is 9.42 Å². The van der Waals surface area contributed by atoms with E-state index in [4.69, 9.17) is 4.52 Å². The van der Waals surface area contributed by atoms with Crippen LogP contribution in [-0.2, 0) is 0 Å². The number of aromatic nitrogens is 1. The third kappa shape index (κ3) is 2.78. The molecule has 3 heterocycles. The normalized spacial score (nSPS) is 17.3. The van der Waals surface area contributed by atoms with Crippen LogP contribution in [0.5, 0.6) is 0 Å². The van der Waals surface area contributed by atoms with Gasteiger partial charge in [-0.05, 0) is 31.9 Å². The first kappa shape index (κ1) is 15.8. The predicted octanol–water partition coefficient (Wildman–Crippen LogP) is 4.08. The van der Waals surface area contributed by atoms with Crippen LogP contribution in [0.2, 0.25) is 0 Å². The van der Waals surface area contributed by atoms with E-state index in [0.717, 1.165) is 23.2 Å². The van der Waals surface area contributed by atoms with Crippen molar-refractivity contribution in [1.82, 2.24) is 10.1 Å². The quantitative estimate of drug-likeness (QED) is 0.520. The molecule has 128 valence electrons. The molecule has 1 aliphatic heterocycles. The number of amides is 1. The fourth-order valence-electron chi connectivity index (χ4n) is 3.24. The second-order valence-electron chi connectivity index (χ2n) is 6.12. The van der Waals surface area contributed by atoms with E-state index in [2.05, 4.69) is 5.16 Å². The van der Waals surface area contributed by atoms with Gasteiger partial charge in [0.25, 0.3) is 11.6 Å². The lowest BCUT2D eigenvalue weighted by molar-refractivity contribution is -0.384. The first-order valence-corrected chi connectivity index (χ1v) is 8.77. The van der Waals surface area contributed by atoms with Crippen LogP contribution < -0.4 is 0 Å². The molecule has 2 aromatic heterocycles. The fraction of sp³-hybridized carbons (Fsp3) is 0.294. The Bertz CT molecular complexity index is 977. The molecule has 0 N–H and O–H groups in total. The molecule has 4 rings (SSSR count). The maximum atomic E-state index is 13.0. The van der Waals surface area contributed by atoms with Crippen molar-refractivity contribution in [2.75, 3.05) is 6.54 Å². The van der Waals surface area contributed by atoms with Crippen LogP contribution in [0, 0.1) is 17.0 Å². The van der Waals surface area contributed by atoms with Gasteiger partial charge in [0, 0.05) is 34.8 Å². The lowest BCUT2D eigenvalue weighted by atomic mass is 10.1. The number of thiophene rings is 1. The number of nitrogens with zero attached hydrogens (tertiary/aromatic N) is 3. The Morgan fingerprint density at radius 1 is 1.40 bits per heavy atom. The zero-order valence-corrected chi connectivity index (χ0v) is 14.3. The maximum Gasteiger partial charge on any atom is 0.270 e. The molecular weight excluding hydrogens is 342 g/mol. The van der Waals surface area contributed by atoms with E-state index >= 15 is 0 Å². The van der Waals surface area contributed by atoms with Crippen molar-refractivity contribution in [2.24, 2.45) is 0 Å². The monoisotopic (exact) mass is 357 g/mol. The summed E-state index contributed by atoms with van der Waals surface area (Å²) in [6.45, 7) is 2.52. The largest absolute Gasteiger partial charge is 0.359 e. The van der Waals surface area contributed by atoms with Gasteiger partial charge in [0.15, 0.2) is 5.76 Å². The topological polar surface area (TPSA) is 89.5 Å². The number of aryl methyl sites for hydroxylation is 1. The molecule has 1 fully saturated rings. The summed E-state index contributed by atoms with van der Waals surface area (Å²) in [4.78, 5) is 25.8. The Kier molecular flexibility index (Phi) is 3.76. The van der Waals surface area contributed by atoms with Crippen molar-refractivity contribution in [3.63, 3.8) is 0 Å². The molecule has 0 saturated carbocycles. The summed E-state index contributed by atoms with van der Waals surface area (Å²) in [5, 5.41) is 15.5. The first-order valence-electron chi connectivity index (χ1n) is 7.95. The van der Waals surface area contributed by atoms with Crippen molar-refractivity contribution in [3.05, 3.63) is 56.8 Å². The maximum absolute atomic E-state index is 13.0. The van der Waals surface area contributed by atoms with Crippen LogP contribution in [0.25, 0.3) is 10.1 Å². The number of nitro benzene ring substituents is 1. The lowest BCUT2D eigenvalue weighted by Crippen LogP contribution is -2.29. The SMILES string of the molecule is Cc1cc([C@H]2CCCN2C(=O)c2cc3cc([N+](=O)[O-])ccc3s2)on1. The summed E-state index contributed by atoms with van der Waals surface area (Å²) >= 11 is 1.36. The van der Waals surface area contributed by atoms with Gasteiger partial charge in [-0.25, -0.2) is 0 Å². The number of carbonyl (C=O) groups excluding carboxylic acids is 1. The molecular formula is C17H15N3O4S. The van der Waals surface area contributed by atoms with Crippen LogP contribution in [0.15, 0.2) is 34.9 Å². The van der Waals surface area contributed by atoms with Crippen molar-refractivity contribution >= 4 is 33.0 Å². The van der Waals surface area contributed by atoms with E-state index in [1.165, 1.54) is 23.5 Å². The van der Waals surface area contributed by atoms with Crippen molar-refractivity contribution < 1.29 is 14.2 Å². The Labute approximate surface area is 147 Å². The van der Waals surface area contributed by atoms with Crippen LogP contribution in [-0.4, -0.2) is 27.4 Å². The smallest absolute Gasteiger partial charge is 0.270 e. The predicted molar refractivity (Wildman–Crippen MR) is 92.7 cm³/mol. The molecule has 25 heavy (non-hydrogen) atoms. The minimum absolute atomic E-state index is 0.0282. The Morgan fingerprint density at radius 2 is 2.24 bits per heavy atom. The number of non-ortho nitro benzene ring substituents is 1. The minimum atomic E-state index is -0.429. The number of carbonyl (C=O) groups is 1. The summed E-state index contributed by atoms with van der Waals surface area (Å²) < 4.78 is 6.21. The standard InChI is InChI=1S/C17H15N3O4S/c1-10-7-14(24-18-10)13-3-2-6-19(13)17(21)16-9-11-8-12(20(22)23)4-5-15(11)25-16/h4-5,7-9,13H,2-3,6H2,1H3/t13-/m1/s1. The summed E-state index contributed by atoms with van der Waals surface area (Å²) in [5.41, 5.74) is 0.823. The summed E-state index contributed by atoms with van der Waals surface area (Å²) in [6, 6.07) is 8.15. The van der Waals surface area contributed by atoms with E-state index < -0.39 is 4.92 Å². The average molecular weight is 357 g/mol. The van der Waals surface area contributed by atoms with Crippen molar-refractivity contribution in [2.45, 2.75) is 25.8 Å². The molecule has 0 aliphatic carbocycles. The molecule has 0 spiro atoms. The Hall–Kier alpha value is -2.74. The van der Waals surface area contributed by atoms with Crippen LogP contribution in [0.4, 0.5) is 5.69 Å². The van der Waals surface area contributed by atoms with Gasteiger partial charge in [-0.1, -0.05) is 5.16 Å². The van der Waals surface area contributed by atoms with Gasteiger partial charge >= 0.3 is 0 Å². The van der Waals surface area contributed by atoms with Gasteiger partial charge in [0.05, 0.1) is 21.5 Å². The number of nitro groups is 1. The number of hydrogen-bond acceptors (Lipinski definition) is 6. The Morgan fingerprint density at radius 3 is 2.96 bits per heavy atom. The zero-order chi connectivity index (χ0) is 17.6. The van der Waals surface area contributed by atoms with Gasteiger partial charge in [0.1, 0.15) is 0 Å². The highest BCUT2D eigenvalue weighted by atomic mass is 32.1. The molecule has 3 aromatic rings. The summed E-state index contributed by atoms with van der Waals surface area (Å²) in [7, 11) is 0. The third-order valence-electron chi connectivity index (χ3n) is 4.41. The van der Waals surface area contributed by atoms with Crippen molar-refractivity contribution in [1.29, 1.82) is 0 Å². The van der Waals surface area contributed by atoms with Crippen LogP contribution in [0.1, 0.15) is 40.0 Å². The van der Waals surface area contributed by atoms with Gasteiger partial charge in [-0.15, -0.1) is 11.3 Å². The summed E-state index contributed by atoms with van der Waals surface area (Å²) in [5.74, 6) is 0.639. The number of hydrogen-bond donors (Lipinski definition) is 0. The average Bonchev–Trinajstić information content (AvgIpc) is 3.31. The van der Waals surface area contributed by atoms with E-state index in [1.54, 1.807) is 17.0 Å². The van der Waals surface area contributed by atoms with E-state index in [-0.39, 0.29) is 17.6 Å². The molecule has 0 bridgehead atoms. The molecule has 8 heteroatoms. The van der Waals surface area contributed by atoms with Crippen LogP contribution in [0.3, 0.4) is 0 Å². The van der Waals surface area contributed by atoms with E-state index in [0.29, 0.717) is 22.6 Å². The highest BCUT2D eigenvalue weighted by Gasteiger charge is 2.33. The second-order valence-corrected chi connectivity index (χ2v) is 7.20. The highest BCUT2D eigenvalue weighted by Crippen LogP contribution is 2.36. The molecule has 0 unspecified atom stereocenters.